The van der Waals surface area contributed by atoms with Gasteiger partial charge < -0.3 is 20.4 Å². The summed E-state index contributed by atoms with van der Waals surface area (Å²) in [6, 6.07) is 3.29. The van der Waals surface area contributed by atoms with E-state index in [0.717, 1.165) is 32.0 Å². The quantitative estimate of drug-likeness (QED) is 0.207. The monoisotopic (exact) mass is 531 g/mol. The first kappa shape index (κ1) is 25.5. The number of nitrogens with zero attached hydrogens (tertiary/aromatic N) is 6. The Kier molecular flexibility index (Phi) is 6.93. The predicted molar refractivity (Wildman–Crippen MR) is 131 cm³/mol. The molecule has 5 rings (SSSR count). The molecule has 2 aromatic carbocycles. The second kappa shape index (κ2) is 10.3. The highest BCUT2D eigenvalue weighted by Gasteiger charge is 2.29. The molecule has 1 atom stereocenters. The lowest BCUT2D eigenvalue weighted by molar-refractivity contribution is 0.330. The summed E-state index contributed by atoms with van der Waals surface area (Å²) in [7, 11) is 1.73. The Hall–Kier alpha value is -4.13. The number of aromatic nitrogens is 4. The van der Waals surface area contributed by atoms with E-state index in [1.54, 1.807) is 11.7 Å². The van der Waals surface area contributed by atoms with Gasteiger partial charge in [-0.25, -0.2) is 27.8 Å². The van der Waals surface area contributed by atoms with Crippen molar-refractivity contribution in [2.75, 3.05) is 32.4 Å². The molecule has 0 spiro atoms. The Morgan fingerprint density at radius 2 is 1.84 bits per heavy atom. The number of halogens is 5. The minimum absolute atomic E-state index is 0.00276. The number of benzene rings is 2. The smallest absolute Gasteiger partial charge is 0.204 e. The number of hydrogen-bond donors (Lipinski definition) is 1. The van der Waals surface area contributed by atoms with Crippen LogP contribution in [0.25, 0.3) is 22.3 Å². The van der Waals surface area contributed by atoms with Gasteiger partial charge in [0.1, 0.15) is 29.4 Å². The van der Waals surface area contributed by atoms with Crippen LogP contribution in [0.2, 0.25) is 0 Å². The van der Waals surface area contributed by atoms with E-state index < -0.39 is 34.8 Å². The number of fused-ring (bicyclic) bond motifs is 1. The van der Waals surface area contributed by atoms with Gasteiger partial charge in [0.2, 0.25) is 17.4 Å². The second-order valence-corrected chi connectivity index (χ2v) is 8.76. The summed E-state index contributed by atoms with van der Waals surface area (Å²) in [6.07, 6.45) is 4.77. The van der Waals surface area contributed by atoms with Gasteiger partial charge in [0, 0.05) is 44.4 Å². The predicted octanol–water partition coefficient (Wildman–Crippen LogP) is 4.90. The lowest BCUT2D eigenvalue weighted by Crippen LogP contribution is -2.23. The minimum Gasteiger partial charge on any atom is -0.451 e. The van der Waals surface area contributed by atoms with Crippen LogP contribution in [0.4, 0.5) is 27.8 Å². The van der Waals surface area contributed by atoms with Crippen LogP contribution in [-0.2, 0) is 0 Å². The number of ether oxygens (including phenoxy) is 1. The summed E-state index contributed by atoms with van der Waals surface area (Å²) in [5.41, 5.74) is 6.74. The standard InChI is InChI=1S/C25H22F5N7O/c1-32-6-2-7-36-8-5-13(11-36)37-25-19(24(31)33-12-34-25)22(35-37)15-4-3-14(9-16(15)26)38-23-20(29)17(27)10-18(28)21(23)30/h3-4,6,9-10,12-13H,2,5,7-8,11H2,1H3,(H2,31,33,34)/t13-/m1/s1. The number of rotatable bonds is 7. The molecule has 0 radical (unpaired) electrons. The van der Waals surface area contributed by atoms with Crippen LogP contribution < -0.4 is 10.5 Å². The van der Waals surface area contributed by atoms with E-state index in [1.807, 2.05) is 6.21 Å². The Bertz CT molecular complexity index is 1510. The Labute approximate surface area is 213 Å². The van der Waals surface area contributed by atoms with Crippen molar-refractivity contribution in [3.8, 4) is 22.8 Å². The molecule has 3 heterocycles. The summed E-state index contributed by atoms with van der Waals surface area (Å²) < 4.78 is 77.1. The van der Waals surface area contributed by atoms with Gasteiger partial charge in [0.05, 0.1) is 11.4 Å². The zero-order chi connectivity index (χ0) is 27.0. The summed E-state index contributed by atoms with van der Waals surface area (Å²) in [6.45, 7) is 2.38. The van der Waals surface area contributed by atoms with Gasteiger partial charge in [-0.3, -0.25) is 0 Å². The number of aliphatic imine (C=N–C) groups is 1. The van der Waals surface area contributed by atoms with Crippen molar-refractivity contribution in [2.24, 2.45) is 4.99 Å². The molecular formula is C25H22F5N7O. The Balaban J connectivity index is 1.49. The molecule has 8 nitrogen and oxygen atoms in total. The van der Waals surface area contributed by atoms with Gasteiger partial charge in [-0.15, -0.1) is 0 Å². The molecule has 1 aliphatic heterocycles. The lowest BCUT2D eigenvalue weighted by Gasteiger charge is -2.15. The highest BCUT2D eigenvalue weighted by molar-refractivity contribution is 5.98. The molecule has 0 bridgehead atoms. The number of anilines is 1. The SMILES string of the molecule is CN=CCCN1CC[C@@H](n2nc(-c3ccc(Oc4c(F)c(F)cc(F)c4F)cc3F)c3c(N)ncnc32)C1. The van der Waals surface area contributed by atoms with Gasteiger partial charge >= 0.3 is 0 Å². The molecule has 13 heteroatoms. The summed E-state index contributed by atoms with van der Waals surface area (Å²) in [5.74, 6) is -9.25. The molecule has 2 N–H and O–H groups in total. The largest absolute Gasteiger partial charge is 0.451 e. The fourth-order valence-electron chi connectivity index (χ4n) is 4.53. The van der Waals surface area contributed by atoms with E-state index in [4.69, 9.17) is 10.5 Å². The summed E-state index contributed by atoms with van der Waals surface area (Å²) in [5, 5.41) is 4.99. The molecule has 0 aliphatic carbocycles. The molecule has 1 saturated heterocycles. The highest BCUT2D eigenvalue weighted by Crippen LogP contribution is 2.37. The molecule has 198 valence electrons. The van der Waals surface area contributed by atoms with Crippen molar-refractivity contribution < 1.29 is 26.7 Å². The van der Waals surface area contributed by atoms with E-state index in [-0.39, 0.29) is 34.9 Å². The van der Waals surface area contributed by atoms with Crippen LogP contribution in [-0.4, -0.2) is 57.5 Å². The van der Waals surface area contributed by atoms with Gasteiger partial charge in [-0.05, 0) is 31.2 Å². The van der Waals surface area contributed by atoms with Crippen molar-refractivity contribution in [2.45, 2.75) is 18.9 Å². The Morgan fingerprint density at radius 1 is 1.08 bits per heavy atom. The molecule has 0 unspecified atom stereocenters. The van der Waals surface area contributed by atoms with E-state index in [2.05, 4.69) is 25.0 Å². The summed E-state index contributed by atoms with van der Waals surface area (Å²) in [4.78, 5) is 14.6. The third kappa shape index (κ3) is 4.64. The van der Waals surface area contributed by atoms with Crippen LogP contribution in [0.1, 0.15) is 18.9 Å². The van der Waals surface area contributed by atoms with Crippen molar-refractivity contribution in [3.63, 3.8) is 0 Å². The first-order valence-corrected chi connectivity index (χ1v) is 11.7. The molecule has 2 aromatic heterocycles. The van der Waals surface area contributed by atoms with Crippen LogP contribution in [0.5, 0.6) is 11.5 Å². The number of likely N-dealkylation sites (tertiary alicyclic amines) is 1. The van der Waals surface area contributed by atoms with Gasteiger partial charge in [-0.1, -0.05) is 0 Å². The molecule has 4 aromatic rings. The third-order valence-corrected chi connectivity index (χ3v) is 6.36. The maximum Gasteiger partial charge on any atom is 0.204 e. The average Bonchev–Trinajstić information content (AvgIpc) is 3.51. The fourth-order valence-corrected chi connectivity index (χ4v) is 4.53. The number of nitrogen functional groups attached to an aromatic ring is 1. The normalized spacial score (nSPS) is 16.2. The van der Waals surface area contributed by atoms with E-state index in [1.165, 1.54) is 18.5 Å². The van der Waals surface area contributed by atoms with E-state index in [0.29, 0.717) is 17.6 Å². The van der Waals surface area contributed by atoms with Crippen LogP contribution >= 0.6 is 0 Å². The van der Waals surface area contributed by atoms with Crippen LogP contribution in [0, 0.1) is 29.1 Å². The van der Waals surface area contributed by atoms with Crippen molar-refractivity contribution in [3.05, 3.63) is 59.7 Å². The van der Waals surface area contributed by atoms with Crippen LogP contribution in [0.15, 0.2) is 35.6 Å². The summed E-state index contributed by atoms with van der Waals surface area (Å²) >= 11 is 0. The van der Waals surface area contributed by atoms with Gasteiger partial charge in [0.15, 0.2) is 17.3 Å². The van der Waals surface area contributed by atoms with Crippen molar-refractivity contribution >= 4 is 23.1 Å². The number of nitrogens with two attached hydrogens (primary N) is 1. The van der Waals surface area contributed by atoms with E-state index in [9.17, 15) is 17.6 Å². The fraction of sp³-hybridized carbons (Fsp3) is 0.280. The molecule has 0 amide bonds. The van der Waals surface area contributed by atoms with Gasteiger partial charge in [0.25, 0.3) is 0 Å². The minimum atomic E-state index is -1.74. The highest BCUT2D eigenvalue weighted by atomic mass is 19.2. The van der Waals surface area contributed by atoms with Crippen molar-refractivity contribution in [1.29, 1.82) is 0 Å². The van der Waals surface area contributed by atoms with E-state index >= 15 is 4.39 Å². The average molecular weight is 531 g/mol. The molecular weight excluding hydrogens is 509 g/mol. The topological polar surface area (TPSA) is 94.5 Å². The molecule has 1 aliphatic rings. The molecule has 0 saturated carbocycles. The lowest BCUT2D eigenvalue weighted by atomic mass is 10.1. The van der Waals surface area contributed by atoms with Crippen LogP contribution in [0.3, 0.4) is 0 Å². The first-order valence-electron chi connectivity index (χ1n) is 11.7. The molecule has 38 heavy (non-hydrogen) atoms. The zero-order valence-electron chi connectivity index (χ0n) is 20.1. The zero-order valence-corrected chi connectivity index (χ0v) is 20.1. The third-order valence-electron chi connectivity index (χ3n) is 6.36. The van der Waals surface area contributed by atoms with Gasteiger partial charge in [-0.2, -0.15) is 13.9 Å². The Morgan fingerprint density at radius 3 is 2.55 bits per heavy atom. The second-order valence-electron chi connectivity index (χ2n) is 8.76. The maximum absolute atomic E-state index is 15.3. The number of hydrogen-bond acceptors (Lipinski definition) is 7. The molecule has 1 fully saturated rings. The van der Waals surface area contributed by atoms with Crippen molar-refractivity contribution in [1.82, 2.24) is 24.6 Å². The maximum atomic E-state index is 15.3. The first-order chi connectivity index (χ1) is 18.3.